The summed E-state index contributed by atoms with van der Waals surface area (Å²) in [5.74, 6) is 1.37. The fraction of sp³-hybridized carbons (Fsp3) is 0.292. The third-order valence-corrected chi connectivity index (χ3v) is 5.46. The van der Waals surface area contributed by atoms with Gasteiger partial charge in [-0.2, -0.15) is 0 Å². The van der Waals surface area contributed by atoms with Crippen LogP contribution in [-0.2, 0) is 4.79 Å². The highest BCUT2D eigenvalue weighted by Crippen LogP contribution is 2.24. The van der Waals surface area contributed by atoms with Crippen LogP contribution in [0.25, 0.3) is 11.1 Å². The average molecular weight is 402 g/mol. The second-order valence-corrected chi connectivity index (χ2v) is 7.64. The number of methoxy groups -OCH3 is 1. The maximum atomic E-state index is 12.8. The van der Waals surface area contributed by atoms with E-state index in [1.165, 1.54) is 5.56 Å². The van der Waals surface area contributed by atoms with Crippen molar-refractivity contribution in [2.24, 2.45) is 5.92 Å². The predicted octanol–water partition coefficient (Wildman–Crippen LogP) is 4.32. The minimum Gasteiger partial charge on any atom is -0.497 e. The number of aryl methyl sites for hydroxylation is 1. The molecule has 6 heteroatoms. The van der Waals surface area contributed by atoms with Crippen molar-refractivity contribution in [2.75, 3.05) is 30.4 Å². The Kier molecular flexibility index (Phi) is 5.93. The van der Waals surface area contributed by atoms with E-state index >= 15 is 0 Å². The highest BCUT2D eigenvalue weighted by Gasteiger charge is 2.27. The number of aromatic nitrogens is 2. The van der Waals surface area contributed by atoms with Gasteiger partial charge in [-0.25, -0.2) is 9.97 Å². The van der Waals surface area contributed by atoms with Gasteiger partial charge in [0.25, 0.3) is 0 Å². The summed E-state index contributed by atoms with van der Waals surface area (Å²) in [6.45, 7) is 3.54. The van der Waals surface area contributed by atoms with Gasteiger partial charge in [0, 0.05) is 36.7 Å². The van der Waals surface area contributed by atoms with Gasteiger partial charge in [0.1, 0.15) is 5.75 Å². The summed E-state index contributed by atoms with van der Waals surface area (Å²) < 4.78 is 5.16. The second kappa shape index (κ2) is 8.95. The first-order valence-corrected chi connectivity index (χ1v) is 10.2. The third kappa shape index (κ3) is 4.59. The highest BCUT2D eigenvalue weighted by molar-refractivity contribution is 5.93. The molecule has 1 aromatic heterocycles. The molecule has 4 rings (SSSR count). The van der Waals surface area contributed by atoms with Crippen LogP contribution in [0.5, 0.6) is 5.75 Å². The molecule has 0 bridgehead atoms. The van der Waals surface area contributed by atoms with Gasteiger partial charge in [0.2, 0.25) is 11.9 Å². The third-order valence-electron chi connectivity index (χ3n) is 5.46. The van der Waals surface area contributed by atoms with Gasteiger partial charge >= 0.3 is 0 Å². The number of anilines is 2. The van der Waals surface area contributed by atoms with E-state index in [-0.39, 0.29) is 11.8 Å². The Bertz CT molecular complexity index is 985. The summed E-state index contributed by atoms with van der Waals surface area (Å²) in [7, 11) is 1.62. The zero-order chi connectivity index (χ0) is 20.9. The number of ether oxygens (including phenoxy) is 1. The Balaban J connectivity index is 1.40. The number of rotatable bonds is 5. The molecule has 1 fully saturated rings. The van der Waals surface area contributed by atoms with Crippen LogP contribution in [0, 0.1) is 12.8 Å². The Hall–Kier alpha value is -3.41. The number of piperidine rings is 1. The maximum absolute atomic E-state index is 12.8. The fourth-order valence-corrected chi connectivity index (χ4v) is 3.67. The van der Waals surface area contributed by atoms with Crippen LogP contribution in [-0.4, -0.2) is 36.1 Å². The lowest BCUT2D eigenvalue weighted by molar-refractivity contribution is -0.120. The van der Waals surface area contributed by atoms with Crippen molar-refractivity contribution in [3.05, 3.63) is 66.5 Å². The number of carbonyl (C=O) groups excluding carboxylic acids is 1. The van der Waals surface area contributed by atoms with E-state index in [2.05, 4.69) is 51.4 Å². The zero-order valence-electron chi connectivity index (χ0n) is 17.3. The van der Waals surface area contributed by atoms with Gasteiger partial charge in [-0.05, 0) is 49.6 Å². The lowest BCUT2D eigenvalue weighted by Crippen LogP contribution is -2.41. The molecule has 3 aromatic rings. The standard InChI is InChI=1S/C24H26N4O2/c1-17-5-7-18(8-6-17)20-14-25-24(26-15-20)28-13-3-4-19(16-28)23(29)27-21-9-11-22(30-2)12-10-21/h5-12,14-15,19H,3-4,13,16H2,1-2H3,(H,27,29). The zero-order valence-corrected chi connectivity index (χ0v) is 17.3. The first kappa shape index (κ1) is 19.9. The molecule has 1 unspecified atom stereocenters. The summed E-state index contributed by atoms with van der Waals surface area (Å²) in [6.07, 6.45) is 5.51. The van der Waals surface area contributed by atoms with Gasteiger partial charge in [-0.3, -0.25) is 4.79 Å². The molecule has 0 radical (unpaired) electrons. The summed E-state index contributed by atoms with van der Waals surface area (Å²) in [5.41, 5.74) is 4.09. The summed E-state index contributed by atoms with van der Waals surface area (Å²) >= 11 is 0. The van der Waals surface area contributed by atoms with E-state index in [0.29, 0.717) is 12.5 Å². The van der Waals surface area contributed by atoms with Crippen LogP contribution in [0.2, 0.25) is 0 Å². The number of hydrogen-bond donors (Lipinski definition) is 1. The van der Waals surface area contributed by atoms with Crippen molar-refractivity contribution in [3.8, 4) is 16.9 Å². The molecule has 0 saturated carbocycles. The SMILES string of the molecule is COc1ccc(NC(=O)C2CCCN(c3ncc(-c4ccc(C)cc4)cn3)C2)cc1. The smallest absolute Gasteiger partial charge is 0.229 e. The molecule has 6 nitrogen and oxygen atoms in total. The maximum Gasteiger partial charge on any atom is 0.229 e. The van der Waals surface area contributed by atoms with E-state index in [1.807, 2.05) is 36.7 Å². The first-order valence-electron chi connectivity index (χ1n) is 10.2. The van der Waals surface area contributed by atoms with Crippen LogP contribution in [0.4, 0.5) is 11.6 Å². The molecule has 1 atom stereocenters. The molecule has 2 aromatic carbocycles. The molecule has 0 spiro atoms. The fourth-order valence-electron chi connectivity index (χ4n) is 3.67. The van der Waals surface area contributed by atoms with Crippen molar-refractivity contribution in [2.45, 2.75) is 19.8 Å². The van der Waals surface area contributed by atoms with Gasteiger partial charge in [-0.1, -0.05) is 29.8 Å². The van der Waals surface area contributed by atoms with Crippen molar-refractivity contribution >= 4 is 17.5 Å². The molecule has 154 valence electrons. The van der Waals surface area contributed by atoms with Gasteiger partial charge in [0.15, 0.2) is 0 Å². The molecule has 0 aliphatic carbocycles. The Labute approximate surface area is 176 Å². The molecule has 1 saturated heterocycles. The number of carbonyl (C=O) groups is 1. The van der Waals surface area contributed by atoms with E-state index in [0.717, 1.165) is 42.0 Å². The van der Waals surface area contributed by atoms with E-state index in [4.69, 9.17) is 4.74 Å². The number of benzene rings is 2. The number of nitrogens with one attached hydrogen (secondary N) is 1. The van der Waals surface area contributed by atoms with Crippen molar-refractivity contribution in [1.29, 1.82) is 0 Å². The number of nitrogens with zero attached hydrogens (tertiary/aromatic N) is 3. The Morgan fingerprint density at radius 1 is 1.03 bits per heavy atom. The Morgan fingerprint density at radius 2 is 1.73 bits per heavy atom. The van der Waals surface area contributed by atoms with Gasteiger partial charge in [0.05, 0.1) is 13.0 Å². The van der Waals surface area contributed by atoms with Crippen molar-refractivity contribution in [3.63, 3.8) is 0 Å². The molecular formula is C24H26N4O2. The van der Waals surface area contributed by atoms with Crippen molar-refractivity contribution < 1.29 is 9.53 Å². The van der Waals surface area contributed by atoms with Crippen LogP contribution < -0.4 is 15.0 Å². The lowest BCUT2D eigenvalue weighted by Gasteiger charge is -2.32. The van der Waals surface area contributed by atoms with Crippen LogP contribution >= 0.6 is 0 Å². The monoisotopic (exact) mass is 402 g/mol. The molecule has 1 aliphatic rings. The summed E-state index contributed by atoms with van der Waals surface area (Å²) in [4.78, 5) is 24.0. The molecule has 1 N–H and O–H groups in total. The minimum absolute atomic E-state index is 0.0288. The lowest BCUT2D eigenvalue weighted by atomic mass is 9.97. The molecule has 1 amide bonds. The van der Waals surface area contributed by atoms with E-state index in [1.54, 1.807) is 7.11 Å². The first-order chi connectivity index (χ1) is 14.6. The molecular weight excluding hydrogens is 376 g/mol. The molecule has 1 aliphatic heterocycles. The van der Waals surface area contributed by atoms with E-state index in [9.17, 15) is 4.79 Å². The normalized spacial score (nSPS) is 16.2. The van der Waals surface area contributed by atoms with Crippen LogP contribution in [0.15, 0.2) is 60.9 Å². The topological polar surface area (TPSA) is 67.3 Å². The molecule has 2 heterocycles. The van der Waals surface area contributed by atoms with Crippen molar-refractivity contribution in [1.82, 2.24) is 9.97 Å². The van der Waals surface area contributed by atoms with Gasteiger partial charge < -0.3 is 15.0 Å². The largest absolute Gasteiger partial charge is 0.497 e. The summed E-state index contributed by atoms with van der Waals surface area (Å²) in [5, 5.41) is 3.01. The number of hydrogen-bond acceptors (Lipinski definition) is 5. The minimum atomic E-state index is -0.0961. The average Bonchev–Trinajstić information content (AvgIpc) is 2.80. The predicted molar refractivity (Wildman–Crippen MR) is 119 cm³/mol. The quantitative estimate of drug-likeness (QED) is 0.689. The van der Waals surface area contributed by atoms with Gasteiger partial charge in [-0.15, -0.1) is 0 Å². The second-order valence-electron chi connectivity index (χ2n) is 7.64. The Morgan fingerprint density at radius 3 is 2.40 bits per heavy atom. The van der Waals surface area contributed by atoms with Crippen LogP contribution in [0.1, 0.15) is 18.4 Å². The summed E-state index contributed by atoms with van der Waals surface area (Å²) in [6, 6.07) is 15.7. The highest BCUT2D eigenvalue weighted by atomic mass is 16.5. The van der Waals surface area contributed by atoms with Crippen LogP contribution in [0.3, 0.4) is 0 Å². The van der Waals surface area contributed by atoms with E-state index < -0.39 is 0 Å². The number of amides is 1. The molecule has 30 heavy (non-hydrogen) atoms.